The van der Waals surface area contributed by atoms with Crippen LogP contribution in [0, 0.1) is 5.92 Å². The summed E-state index contributed by atoms with van der Waals surface area (Å²) in [6.07, 6.45) is 3.40. The van der Waals surface area contributed by atoms with Crippen molar-refractivity contribution in [1.29, 1.82) is 0 Å². The fourth-order valence-electron chi connectivity index (χ4n) is 3.33. The van der Waals surface area contributed by atoms with E-state index in [9.17, 15) is 18.4 Å². The maximum Gasteiger partial charge on any atom is 0.387 e. The number of hydrogen-bond donors (Lipinski definition) is 2. The molecule has 0 spiro atoms. The minimum absolute atomic E-state index is 0.0444. The maximum absolute atomic E-state index is 12.5. The number of anilines is 2. The summed E-state index contributed by atoms with van der Waals surface area (Å²) in [7, 11) is 0. The van der Waals surface area contributed by atoms with Crippen LogP contribution in [0.25, 0.3) is 5.65 Å². The Labute approximate surface area is 197 Å². The second kappa shape index (κ2) is 9.37. The van der Waals surface area contributed by atoms with E-state index < -0.39 is 12.5 Å². The fraction of sp³-hybridized carbons (Fsp3) is 0.167. The van der Waals surface area contributed by atoms with Crippen molar-refractivity contribution >= 4 is 29.0 Å². The molecule has 0 aliphatic heterocycles. The molecule has 9 nitrogen and oxygen atoms in total. The van der Waals surface area contributed by atoms with Gasteiger partial charge in [-0.25, -0.2) is 9.50 Å². The Morgan fingerprint density at radius 3 is 2.60 bits per heavy atom. The molecule has 1 aliphatic carbocycles. The molecule has 1 saturated carbocycles. The first-order valence-corrected chi connectivity index (χ1v) is 10.7. The molecule has 0 unspecified atom stereocenters. The maximum atomic E-state index is 12.5. The number of alkyl halides is 2. The number of carbonyl (C=O) groups excluding carboxylic acids is 2. The summed E-state index contributed by atoms with van der Waals surface area (Å²) in [5, 5.41) is 9.82. The Balaban J connectivity index is 1.26. The van der Waals surface area contributed by atoms with Crippen molar-refractivity contribution in [2.24, 2.45) is 5.92 Å². The third-order valence-electron chi connectivity index (χ3n) is 5.13. The van der Waals surface area contributed by atoms with Gasteiger partial charge < -0.3 is 20.1 Å². The van der Waals surface area contributed by atoms with Crippen LogP contribution < -0.4 is 20.1 Å². The number of fused-ring (bicyclic) bond motifs is 1. The van der Waals surface area contributed by atoms with Gasteiger partial charge in [0.25, 0.3) is 5.91 Å². The quantitative estimate of drug-likeness (QED) is 0.379. The molecular weight excluding hydrogens is 460 g/mol. The third kappa shape index (κ3) is 5.52. The highest BCUT2D eigenvalue weighted by Gasteiger charge is 2.30. The van der Waals surface area contributed by atoms with E-state index in [1.54, 1.807) is 42.6 Å². The molecule has 2 aromatic carbocycles. The molecule has 0 atom stereocenters. The van der Waals surface area contributed by atoms with E-state index in [0.29, 0.717) is 22.9 Å². The number of nitrogens with one attached hydrogen (secondary N) is 2. The number of amides is 2. The Kier molecular flexibility index (Phi) is 5.96. The zero-order valence-corrected chi connectivity index (χ0v) is 18.2. The molecule has 35 heavy (non-hydrogen) atoms. The van der Waals surface area contributed by atoms with Gasteiger partial charge in [0.05, 0.1) is 6.20 Å². The number of nitrogens with zero attached hydrogens (tertiary/aromatic N) is 3. The number of rotatable bonds is 8. The van der Waals surface area contributed by atoms with Crippen LogP contribution >= 0.6 is 0 Å². The van der Waals surface area contributed by atoms with Gasteiger partial charge in [-0.15, -0.1) is 5.10 Å². The molecule has 1 aliphatic rings. The second-order valence-electron chi connectivity index (χ2n) is 7.85. The summed E-state index contributed by atoms with van der Waals surface area (Å²) in [4.78, 5) is 28.8. The molecule has 4 aromatic rings. The molecule has 2 amide bonds. The van der Waals surface area contributed by atoms with Crippen LogP contribution in [0.3, 0.4) is 0 Å². The van der Waals surface area contributed by atoms with Crippen LogP contribution in [0.2, 0.25) is 0 Å². The predicted molar refractivity (Wildman–Crippen MR) is 122 cm³/mol. The van der Waals surface area contributed by atoms with Crippen LogP contribution in [0.4, 0.5) is 20.3 Å². The van der Waals surface area contributed by atoms with E-state index in [0.717, 1.165) is 12.8 Å². The van der Waals surface area contributed by atoms with E-state index in [2.05, 4.69) is 25.5 Å². The topological polar surface area (TPSA) is 107 Å². The highest BCUT2D eigenvalue weighted by Crippen LogP contribution is 2.30. The SMILES string of the molecule is O=C(Nc1cccc(Oc2ccc3nc(NC(=O)C4CC4)cn3n2)c1)c1cccc(OC(F)F)c1. The lowest BCUT2D eigenvalue weighted by Crippen LogP contribution is -2.13. The standard InChI is InChI=1S/C24H19F2N5O4/c25-24(26)35-17-5-1-3-15(11-17)23(33)27-16-4-2-6-18(12-16)34-21-10-9-20-28-19(13-31(20)30-21)29-22(32)14-7-8-14/h1-6,9-14,24H,7-8H2,(H,27,33)(H,29,32). The largest absolute Gasteiger partial charge is 0.438 e. The second-order valence-corrected chi connectivity index (χ2v) is 7.85. The van der Waals surface area contributed by atoms with Gasteiger partial charge in [-0.05, 0) is 49.2 Å². The molecule has 5 rings (SSSR count). The normalized spacial score (nSPS) is 13.0. The van der Waals surface area contributed by atoms with Crippen LogP contribution in [0.5, 0.6) is 17.4 Å². The number of ether oxygens (including phenoxy) is 2. The Morgan fingerprint density at radius 2 is 1.80 bits per heavy atom. The van der Waals surface area contributed by atoms with Gasteiger partial charge in [0.15, 0.2) is 11.5 Å². The van der Waals surface area contributed by atoms with Crippen molar-refractivity contribution in [3.63, 3.8) is 0 Å². The van der Waals surface area contributed by atoms with Gasteiger partial charge in [-0.1, -0.05) is 12.1 Å². The number of imidazole rings is 1. The number of hydrogen-bond acceptors (Lipinski definition) is 6. The summed E-state index contributed by atoms with van der Waals surface area (Å²) in [6, 6.07) is 15.5. The zero-order valence-electron chi connectivity index (χ0n) is 18.2. The highest BCUT2D eigenvalue weighted by atomic mass is 19.3. The molecule has 0 radical (unpaired) electrons. The van der Waals surface area contributed by atoms with E-state index in [1.807, 2.05) is 0 Å². The molecule has 2 aromatic heterocycles. The van der Waals surface area contributed by atoms with Crippen molar-refractivity contribution < 1.29 is 27.8 Å². The van der Waals surface area contributed by atoms with Gasteiger partial charge in [-0.3, -0.25) is 9.59 Å². The summed E-state index contributed by atoms with van der Waals surface area (Å²) in [5.41, 5.74) is 1.13. The third-order valence-corrected chi connectivity index (χ3v) is 5.13. The number of halogens is 2. The Morgan fingerprint density at radius 1 is 1.00 bits per heavy atom. The molecule has 0 bridgehead atoms. The van der Waals surface area contributed by atoms with Crippen LogP contribution in [0.1, 0.15) is 23.2 Å². The molecule has 178 valence electrons. The van der Waals surface area contributed by atoms with Crippen molar-refractivity contribution in [3.8, 4) is 17.4 Å². The monoisotopic (exact) mass is 479 g/mol. The van der Waals surface area contributed by atoms with Gasteiger partial charge in [0.1, 0.15) is 11.5 Å². The molecule has 0 saturated heterocycles. The predicted octanol–water partition coefficient (Wildman–Crippen LogP) is 4.72. The molecule has 1 fully saturated rings. The molecule has 2 heterocycles. The molecule has 11 heteroatoms. The van der Waals surface area contributed by atoms with Crippen molar-refractivity contribution in [2.45, 2.75) is 19.5 Å². The van der Waals surface area contributed by atoms with Crippen molar-refractivity contribution in [1.82, 2.24) is 14.6 Å². The fourth-order valence-corrected chi connectivity index (χ4v) is 3.33. The van der Waals surface area contributed by atoms with Gasteiger partial charge >= 0.3 is 6.61 Å². The summed E-state index contributed by atoms with van der Waals surface area (Å²) < 4.78 is 36.5. The first-order chi connectivity index (χ1) is 16.9. The van der Waals surface area contributed by atoms with E-state index in [-0.39, 0.29) is 29.0 Å². The van der Waals surface area contributed by atoms with E-state index >= 15 is 0 Å². The number of carbonyl (C=O) groups is 2. The molecular formula is C24H19F2N5O4. The van der Waals surface area contributed by atoms with Crippen molar-refractivity contribution in [2.75, 3.05) is 10.6 Å². The number of aromatic nitrogens is 3. The lowest BCUT2D eigenvalue weighted by Gasteiger charge is -2.10. The Bertz CT molecular complexity index is 1400. The summed E-state index contributed by atoms with van der Waals surface area (Å²) >= 11 is 0. The first-order valence-electron chi connectivity index (χ1n) is 10.7. The highest BCUT2D eigenvalue weighted by molar-refractivity contribution is 6.04. The van der Waals surface area contributed by atoms with E-state index in [4.69, 9.17) is 4.74 Å². The first kappa shape index (κ1) is 22.3. The number of benzene rings is 2. The minimum atomic E-state index is -2.98. The van der Waals surface area contributed by atoms with Crippen LogP contribution in [-0.2, 0) is 4.79 Å². The minimum Gasteiger partial charge on any atom is -0.438 e. The molecule has 2 N–H and O–H groups in total. The zero-order chi connectivity index (χ0) is 24.4. The van der Waals surface area contributed by atoms with Gasteiger partial charge in [-0.2, -0.15) is 8.78 Å². The van der Waals surface area contributed by atoms with Crippen LogP contribution in [0.15, 0.2) is 66.9 Å². The van der Waals surface area contributed by atoms with E-state index in [1.165, 1.54) is 28.8 Å². The van der Waals surface area contributed by atoms with Gasteiger partial charge in [0.2, 0.25) is 11.8 Å². The van der Waals surface area contributed by atoms with Crippen LogP contribution in [-0.4, -0.2) is 33.0 Å². The average molecular weight is 479 g/mol. The lowest BCUT2D eigenvalue weighted by molar-refractivity contribution is -0.117. The summed E-state index contributed by atoms with van der Waals surface area (Å²) in [6.45, 7) is -2.98. The van der Waals surface area contributed by atoms with Gasteiger partial charge in [0, 0.05) is 29.3 Å². The Hall–Kier alpha value is -4.54. The lowest BCUT2D eigenvalue weighted by atomic mass is 10.2. The van der Waals surface area contributed by atoms with Crippen molar-refractivity contribution in [3.05, 3.63) is 72.4 Å². The smallest absolute Gasteiger partial charge is 0.387 e. The average Bonchev–Trinajstić information content (AvgIpc) is 3.60. The summed E-state index contributed by atoms with van der Waals surface area (Å²) in [5.74, 6) is 0.509.